The maximum Gasteiger partial charge on any atom is 0.407 e. The second-order valence-corrected chi connectivity index (χ2v) is 17.7. The Balaban J connectivity index is 1.53. The number of likely N-dealkylation sites (tertiary alicyclic amines) is 1. The van der Waals surface area contributed by atoms with Crippen molar-refractivity contribution in [2.24, 2.45) is 5.41 Å². The first kappa shape index (κ1) is 26.0. The molecule has 35 heavy (non-hydrogen) atoms. The molecule has 0 aromatic carbocycles. The monoisotopic (exact) mass is 501 g/mol. The molecule has 4 rings (SSSR count). The van der Waals surface area contributed by atoms with Gasteiger partial charge in [0.15, 0.2) is 0 Å². The Bertz CT molecular complexity index is 1000. The van der Waals surface area contributed by atoms with Crippen molar-refractivity contribution in [3.05, 3.63) is 24.0 Å². The first-order valence-corrected chi connectivity index (χ1v) is 17.0. The number of nitrogens with zero attached hydrogens (tertiary/aromatic N) is 3. The number of amides is 1. The van der Waals surface area contributed by atoms with E-state index in [-0.39, 0.29) is 5.41 Å². The van der Waals surface area contributed by atoms with E-state index in [2.05, 4.69) is 43.4 Å². The van der Waals surface area contributed by atoms with Crippen LogP contribution in [0.1, 0.15) is 63.4 Å². The van der Waals surface area contributed by atoms with Gasteiger partial charge in [0.2, 0.25) is 0 Å². The van der Waals surface area contributed by atoms with E-state index in [1.54, 1.807) is 0 Å². The third-order valence-corrected chi connectivity index (χ3v) is 9.55. The summed E-state index contributed by atoms with van der Waals surface area (Å²) in [4.78, 5) is 17.7. The van der Waals surface area contributed by atoms with Gasteiger partial charge in [-0.15, -0.1) is 0 Å². The molecule has 7 nitrogen and oxygen atoms in total. The van der Waals surface area contributed by atoms with Crippen molar-refractivity contribution in [1.82, 2.24) is 14.5 Å². The highest BCUT2D eigenvalue weighted by Crippen LogP contribution is 2.42. The molecule has 1 amide bonds. The number of hydrogen-bond donors (Lipinski definition) is 1. The van der Waals surface area contributed by atoms with Crippen LogP contribution in [0.3, 0.4) is 0 Å². The van der Waals surface area contributed by atoms with E-state index in [0.717, 1.165) is 42.3 Å². The van der Waals surface area contributed by atoms with Crippen LogP contribution >= 0.6 is 0 Å². The molecule has 0 unspecified atom stereocenters. The van der Waals surface area contributed by atoms with Crippen molar-refractivity contribution < 1.29 is 19.4 Å². The van der Waals surface area contributed by atoms with Gasteiger partial charge in [-0.1, -0.05) is 45.8 Å². The summed E-state index contributed by atoms with van der Waals surface area (Å²) in [6, 6.07) is 3.28. The Labute approximate surface area is 210 Å². The minimum absolute atomic E-state index is 0.0338. The highest BCUT2D eigenvalue weighted by Gasteiger charge is 2.33. The molecule has 194 valence electrons. The lowest BCUT2D eigenvalue weighted by Gasteiger charge is -2.38. The van der Waals surface area contributed by atoms with E-state index in [0.29, 0.717) is 32.3 Å². The first-order chi connectivity index (χ1) is 16.7. The molecule has 8 heteroatoms. The molecule has 3 heterocycles. The van der Waals surface area contributed by atoms with Crippen molar-refractivity contribution in [3.63, 3.8) is 0 Å². The van der Waals surface area contributed by atoms with Gasteiger partial charge in [0.25, 0.3) is 0 Å². The van der Waals surface area contributed by atoms with Crippen LogP contribution in [0.4, 0.5) is 4.79 Å². The highest BCUT2D eigenvalue weighted by molar-refractivity contribution is 6.76. The van der Waals surface area contributed by atoms with Crippen LogP contribution in [0.2, 0.25) is 25.7 Å². The minimum atomic E-state index is -1.12. The number of fused-ring (bicyclic) bond motifs is 1. The lowest BCUT2D eigenvalue weighted by Crippen LogP contribution is -2.43. The Morgan fingerprint density at radius 3 is 2.57 bits per heavy atom. The summed E-state index contributed by atoms with van der Waals surface area (Å²) in [5, 5.41) is 10.4. The van der Waals surface area contributed by atoms with Crippen LogP contribution in [0.15, 0.2) is 18.5 Å². The Kier molecular flexibility index (Phi) is 8.11. The maximum atomic E-state index is 11.3. The molecule has 0 atom stereocenters. The number of ether oxygens (including phenoxy) is 2. The summed E-state index contributed by atoms with van der Waals surface area (Å²) in [5.41, 5.74) is 2.12. The number of carbonyl (C=O) groups is 1. The van der Waals surface area contributed by atoms with E-state index >= 15 is 0 Å². The van der Waals surface area contributed by atoms with Crippen molar-refractivity contribution >= 4 is 25.2 Å². The third-order valence-electron chi connectivity index (χ3n) is 7.84. The van der Waals surface area contributed by atoms with Gasteiger partial charge in [-0.05, 0) is 43.7 Å². The molecule has 1 aliphatic carbocycles. The smallest absolute Gasteiger partial charge is 0.407 e. The van der Waals surface area contributed by atoms with E-state index in [1.807, 2.05) is 6.20 Å². The van der Waals surface area contributed by atoms with E-state index in [1.165, 1.54) is 42.6 Å². The molecule has 0 radical (unpaired) electrons. The minimum Gasteiger partial charge on any atom is -0.492 e. The summed E-state index contributed by atoms with van der Waals surface area (Å²) in [5.74, 6) is 1.47. The lowest BCUT2D eigenvalue weighted by atomic mass is 9.81. The zero-order chi connectivity index (χ0) is 25.1. The van der Waals surface area contributed by atoms with Crippen LogP contribution in [0, 0.1) is 5.41 Å². The van der Waals surface area contributed by atoms with Gasteiger partial charge in [-0.2, -0.15) is 0 Å². The van der Waals surface area contributed by atoms with Gasteiger partial charge < -0.3 is 24.0 Å². The van der Waals surface area contributed by atoms with Crippen molar-refractivity contribution in [2.75, 3.05) is 26.3 Å². The molecule has 1 aliphatic heterocycles. The summed E-state index contributed by atoms with van der Waals surface area (Å²) >= 11 is 0. The van der Waals surface area contributed by atoms with E-state index in [4.69, 9.17) is 14.5 Å². The summed E-state index contributed by atoms with van der Waals surface area (Å²) in [6.07, 6.45) is 11.1. The highest BCUT2D eigenvalue weighted by atomic mass is 28.3. The van der Waals surface area contributed by atoms with Crippen molar-refractivity contribution in [3.8, 4) is 5.75 Å². The fourth-order valence-electron chi connectivity index (χ4n) is 5.27. The largest absolute Gasteiger partial charge is 0.492 e. The summed E-state index contributed by atoms with van der Waals surface area (Å²) < 4.78 is 14.8. The zero-order valence-corrected chi connectivity index (χ0v) is 23.0. The number of piperidine rings is 1. The molecule has 0 bridgehead atoms. The average molecular weight is 502 g/mol. The van der Waals surface area contributed by atoms with Crippen molar-refractivity contribution in [1.29, 1.82) is 0 Å². The predicted molar refractivity (Wildman–Crippen MR) is 142 cm³/mol. The Morgan fingerprint density at radius 2 is 1.91 bits per heavy atom. The van der Waals surface area contributed by atoms with Crippen LogP contribution in [0.25, 0.3) is 11.0 Å². The number of aromatic nitrogens is 2. The molecule has 1 saturated heterocycles. The topological polar surface area (TPSA) is 76.8 Å². The van der Waals surface area contributed by atoms with Crippen molar-refractivity contribution in [2.45, 2.75) is 90.2 Å². The number of carboxylic acid groups (broad SMARTS) is 1. The second-order valence-electron chi connectivity index (χ2n) is 12.1. The normalized spacial score (nSPS) is 19.3. The predicted octanol–water partition coefficient (Wildman–Crippen LogP) is 6.56. The molecule has 2 aromatic rings. The molecule has 0 spiro atoms. The molecular weight excluding hydrogens is 458 g/mol. The van der Waals surface area contributed by atoms with Gasteiger partial charge in [0.05, 0.1) is 12.0 Å². The molecular formula is C27H43N3O4Si. The van der Waals surface area contributed by atoms with E-state index < -0.39 is 14.2 Å². The molecule has 2 aromatic heterocycles. The summed E-state index contributed by atoms with van der Waals surface area (Å²) in [6.45, 7) is 12.3. The fourth-order valence-corrected chi connectivity index (χ4v) is 6.03. The third kappa shape index (κ3) is 6.58. The number of hydrogen-bond acceptors (Lipinski definition) is 4. The Morgan fingerprint density at radius 1 is 1.20 bits per heavy atom. The zero-order valence-electron chi connectivity index (χ0n) is 22.0. The van der Waals surface area contributed by atoms with E-state index in [9.17, 15) is 9.90 Å². The average Bonchev–Trinajstić information content (AvgIpc) is 3.24. The fraction of sp³-hybridized carbons (Fsp3) is 0.704. The second kappa shape index (κ2) is 10.9. The number of rotatable bonds is 9. The molecule has 1 saturated carbocycles. The lowest BCUT2D eigenvalue weighted by molar-refractivity contribution is 0.0655. The van der Waals surface area contributed by atoms with Gasteiger partial charge in [-0.25, -0.2) is 9.78 Å². The molecule has 2 fully saturated rings. The molecule has 2 aliphatic rings. The SMILES string of the molecule is CC1(COc2c(C3CCCCC3)cnc3c2ccn3COCC[Si](C)(C)C)CCN(C(=O)O)CC1. The summed E-state index contributed by atoms with van der Waals surface area (Å²) in [7, 11) is -1.12. The van der Waals surface area contributed by atoms with Crippen LogP contribution < -0.4 is 4.74 Å². The van der Waals surface area contributed by atoms with Gasteiger partial charge in [-0.3, -0.25) is 0 Å². The van der Waals surface area contributed by atoms with Crippen LogP contribution in [0.5, 0.6) is 5.75 Å². The Hall–Kier alpha value is -2.06. The number of pyridine rings is 1. The quantitative estimate of drug-likeness (QED) is 0.311. The maximum absolute atomic E-state index is 11.3. The van der Waals surface area contributed by atoms with Gasteiger partial charge >= 0.3 is 6.09 Å². The molecule has 1 N–H and O–H groups in total. The van der Waals surface area contributed by atoms with Gasteiger partial charge in [0, 0.05) is 51.1 Å². The standard InChI is InChI=1S/C27H43N3O4Si/c1-27(11-14-29(15-12-27)26(31)32)19-34-24-22-10-13-30(20-33-16-17-35(2,3)4)25(22)28-18-23(24)21-8-6-5-7-9-21/h10,13,18,21H,5-9,11-12,14-17,19-20H2,1-4H3,(H,31,32). The van der Waals surface area contributed by atoms with Crippen LogP contribution in [-0.4, -0.2) is 60.0 Å². The first-order valence-electron chi connectivity index (χ1n) is 13.3. The van der Waals surface area contributed by atoms with Gasteiger partial charge in [0.1, 0.15) is 18.1 Å². The van der Waals surface area contributed by atoms with Crippen LogP contribution in [-0.2, 0) is 11.5 Å².